The summed E-state index contributed by atoms with van der Waals surface area (Å²) < 4.78 is 5.72. The molecule has 3 N–H and O–H groups in total. The second-order valence-electron chi connectivity index (χ2n) is 3.88. The lowest BCUT2D eigenvalue weighted by Crippen LogP contribution is -2.11. The first-order valence-corrected chi connectivity index (χ1v) is 6.36. The average Bonchev–Trinajstić information content (AvgIpc) is 2.39. The van der Waals surface area contributed by atoms with E-state index in [2.05, 4.69) is 0 Å². The van der Waals surface area contributed by atoms with Crippen LogP contribution in [0.1, 0.15) is 11.1 Å². The number of hydrogen-bond donors (Lipinski definition) is 2. The Balaban J connectivity index is 2.32. The Morgan fingerprint density at radius 2 is 1.89 bits per heavy atom. The normalized spacial score (nSPS) is 10.2. The minimum atomic E-state index is -0.00438. The van der Waals surface area contributed by atoms with Gasteiger partial charge in [0.25, 0.3) is 0 Å². The molecule has 0 aromatic heterocycles. The molecule has 0 atom stereocenters. The molecule has 0 saturated carbocycles. The Kier molecular flexibility index (Phi) is 4.37. The zero-order valence-electron chi connectivity index (χ0n) is 9.97. The number of nitrogens with two attached hydrogens (primary N) is 1. The number of thiocarbonyl (C=S) groups is 1. The van der Waals surface area contributed by atoms with Crippen molar-refractivity contribution >= 4 is 28.8 Å². The third-order valence-corrected chi connectivity index (χ3v) is 3.07. The first kappa shape index (κ1) is 13.8. The molecule has 0 heterocycles. The number of benzene rings is 2. The zero-order chi connectivity index (χ0) is 13.8. The predicted molar refractivity (Wildman–Crippen MR) is 79.8 cm³/mol. The summed E-state index contributed by atoms with van der Waals surface area (Å²) in [6, 6.07) is 12.3. The number of aliphatic hydroxyl groups is 1. The van der Waals surface area contributed by atoms with E-state index >= 15 is 0 Å². The molecule has 0 aliphatic carbocycles. The average molecular weight is 294 g/mol. The summed E-state index contributed by atoms with van der Waals surface area (Å²) in [5, 5.41) is 9.44. The van der Waals surface area contributed by atoms with Crippen molar-refractivity contribution in [2.24, 2.45) is 5.73 Å². The van der Waals surface area contributed by atoms with Crippen LogP contribution < -0.4 is 10.5 Å². The quantitative estimate of drug-likeness (QED) is 0.850. The molecule has 0 saturated heterocycles. The maximum atomic E-state index is 8.98. The van der Waals surface area contributed by atoms with E-state index in [0.717, 1.165) is 5.56 Å². The number of hydrogen-bond acceptors (Lipinski definition) is 3. The van der Waals surface area contributed by atoms with Crippen LogP contribution in [0.15, 0.2) is 42.5 Å². The van der Waals surface area contributed by atoms with E-state index < -0.39 is 0 Å². The lowest BCUT2D eigenvalue weighted by molar-refractivity contribution is 0.281. The summed E-state index contributed by atoms with van der Waals surface area (Å²) >= 11 is 11.0. The molecule has 0 bridgehead atoms. The highest BCUT2D eigenvalue weighted by molar-refractivity contribution is 7.80. The van der Waals surface area contributed by atoms with Crippen molar-refractivity contribution in [3.63, 3.8) is 0 Å². The molecule has 19 heavy (non-hydrogen) atoms. The van der Waals surface area contributed by atoms with Gasteiger partial charge >= 0.3 is 0 Å². The summed E-state index contributed by atoms with van der Waals surface area (Å²) in [5.74, 6) is 1.13. The van der Waals surface area contributed by atoms with E-state index in [1.54, 1.807) is 42.5 Å². The molecule has 2 rings (SSSR count). The van der Waals surface area contributed by atoms with E-state index in [-0.39, 0.29) is 11.6 Å². The second kappa shape index (κ2) is 6.02. The molecule has 0 fully saturated rings. The molecular formula is C14H12ClNO2S. The fraction of sp³-hybridized carbons (Fsp3) is 0.0714. The number of ether oxygens (including phenoxy) is 1. The third-order valence-electron chi connectivity index (χ3n) is 2.56. The van der Waals surface area contributed by atoms with Gasteiger partial charge in [0.2, 0.25) is 0 Å². The van der Waals surface area contributed by atoms with Gasteiger partial charge in [-0.15, -0.1) is 0 Å². The number of aliphatic hydroxyl groups excluding tert-OH is 1. The van der Waals surface area contributed by atoms with Crippen LogP contribution in [0.25, 0.3) is 0 Å². The molecule has 0 unspecified atom stereocenters. The Labute approximate surface area is 121 Å². The molecule has 2 aromatic carbocycles. The van der Waals surface area contributed by atoms with Crippen molar-refractivity contribution in [3.8, 4) is 11.5 Å². The van der Waals surface area contributed by atoms with Crippen LogP contribution in [0, 0.1) is 0 Å². The summed E-state index contributed by atoms with van der Waals surface area (Å²) in [6.45, 7) is -0.00438. The molecule has 0 aliphatic rings. The maximum absolute atomic E-state index is 8.98. The first-order chi connectivity index (χ1) is 9.11. The molecular weight excluding hydrogens is 282 g/mol. The highest BCUT2D eigenvalue weighted by atomic mass is 35.5. The highest BCUT2D eigenvalue weighted by Gasteiger charge is 2.11. The van der Waals surface area contributed by atoms with E-state index in [0.29, 0.717) is 22.1 Å². The maximum Gasteiger partial charge on any atom is 0.139 e. The predicted octanol–water partition coefficient (Wildman–Crippen LogP) is 3.26. The summed E-state index contributed by atoms with van der Waals surface area (Å²) in [7, 11) is 0. The minimum absolute atomic E-state index is 0.00438. The minimum Gasteiger partial charge on any atom is -0.457 e. The fourth-order valence-electron chi connectivity index (χ4n) is 1.62. The van der Waals surface area contributed by atoms with E-state index in [9.17, 15) is 0 Å². The van der Waals surface area contributed by atoms with Crippen LogP contribution in [0.4, 0.5) is 0 Å². The van der Waals surface area contributed by atoms with Crippen molar-refractivity contribution in [2.75, 3.05) is 0 Å². The smallest absolute Gasteiger partial charge is 0.139 e. The van der Waals surface area contributed by atoms with Gasteiger partial charge in [0.15, 0.2) is 0 Å². The largest absolute Gasteiger partial charge is 0.457 e. The summed E-state index contributed by atoms with van der Waals surface area (Å²) in [5.41, 5.74) is 6.98. The van der Waals surface area contributed by atoms with Gasteiger partial charge in [-0.05, 0) is 29.8 Å². The van der Waals surface area contributed by atoms with Crippen molar-refractivity contribution in [1.82, 2.24) is 0 Å². The highest BCUT2D eigenvalue weighted by Crippen LogP contribution is 2.30. The number of halogens is 1. The molecule has 2 aromatic rings. The van der Waals surface area contributed by atoms with Crippen LogP contribution >= 0.6 is 23.8 Å². The monoisotopic (exact) mass is 293 g/mol. The lowest BCUT2D eigenvalue weighted by atomic mass is 10.2. The van der Waals surface area contributed by atoms with Crippen molar-refractivity contribution in [2.45, 2.75) is 6.61 Å². The van der Waals surface area contributed by atoms with Gasteiger partial charge < -0.3 is 15.6 Å². The molecule has 0 aliphatic heterocycles. The standard InChI is InChI=1S/C14H12ClNO2S/c15-11-2-1-3-12(13(11)14(16)19)18-10-6-4-9(8-17)5-7-10/h1-7,17H,8H2,(H2,16,19). The Morgan fingerprint density at radius 3 is 2.47 bits per heavy atom. The number of rotatable bonds is 4. The third kappa shape index (κ3) is 3.23. The van der Waals surface area contributed by atoms with E-state index in [1.165, 1.54) is 0 Å². The van der Waals surface area contributed by atoms with Crippen LogP contribution in [-0.2, 0) is 6.61 Å². The van der Waals surface area contributed by atoms with Crippen LogP contribution in [0.2, 0.25) is 5.02 Å². The van der Waals surface area contributed by atoms with E-state index in [1.807, 2.05) is 0 Å². The van der Waals surface area contributed by atoms with E-state index in [4.69, 9.17) is 39.4 Å². The van der Waals surface area contributed by atoms with Crippen molar-refractivity contribution in [3.05, 3.63) is 58.6 Å². The SMILES string of the molecule is NC(=S)c1c(Cl)cccc1Oc1ccc(CO)cc1. The molecule has 3 nitrogen and oxygen atoms in total. The van der Waals surface area contributed by atoms with Crippen LogP contribution in [0.5, 0.6) is 11.5 Å². The summed E-state index contributed by atoms with van der Waals surface area (Å²) in [4.78, 5) is 0.188. The van der Waals surface area contributed by atoms with Crippen molar-refractivity contribution < 1.29 is 9.84 Å². The van der Waals surface area contributed by atoms with Gasteiger partial charge in [-0.3, -0.25) is 0 Å². The van der Waals surface area contributed by atoms with Gasteiger partial charge in [-0.25, -0.2) is 0 Å². The molecule has 0 radical (unpaired) electrons. The molecule has 98 valence electrons. The molecule has 5 heteroatoms. The van der Waals surface area contributed by atoms with Gasteiger partial charge in [-0.1, -0.05) is 42.0 Å². The Morgan fingerprint density at radius 1 is 1.21 bits per heavy atom. The topological polar surface area (TPSA) is 55.5 Å². The molecule has 0 amide bonds. The zero-order valence-corrected chi connectivity index (χ0v) is 11.5. The summed E-state index contributed by atoms with van der Waals surface area (Å²) in [6.07, 6.45) is 0. The fourth-order valence-corrected chi connectivity index (χ4v) is 2.15. The molecule has 0 spiro atoms. The van der Waals surface area contributed by atoms with Gasteiger partial charge in [0.1, 0.15) is 16.5 Å². The van der Waals surface area contributed by atoms with Gasteiger partial charge in [0, 0.05) is 0 Å². The van der Waals surface area contributed by atoms with Crippen LogP contribution in [-0.4, -0.2) is 10.1 Å². The van der Waals surface area contributed by atoms with Crippen LogP contribution in [0.3, 0.4) is 0 Å². The Bertz CT molecular complexity index is 599. The second-order valence-corrected chi connectivity index (χ2v) is 4.73. The Hall–Kier alpha value is -1.62. The van der Waals surface area contributed by atoms with Gasteiger partial charge in [0.05, 0.1) is 17.2 Å². The van der Waals surface area contributed by atoms with Gasteiger partial charge in [-0.2, -0.15) is 0 Å². The first-order valence-electron chi connectivity index (χ1n) is 5.58. The lowest BCUT2D eigenvalue weighted by Gasteiger charge is -2.11. The van der Waals surface area contributed by atoms with Crippen molar-refractivity contribution in [1.29, 1.82) is 0 Å².